The lowest BCUT2D eigenvalue weighted by molar-refractivity contribution is -0.188. The van der Waals surface area contributed by atoms with E-state index in [1.54, 1.807) is 13.0 Å². The van der Waals surface area contributed by atoms with Crippen LogP contribution in [-0.2, 0) is 20.7 Å². The van der Waals surface area contributed by atoms with Crippen molar-refractivity contribution in [2.45, 2.75) is 37.5 Å². The van der Waals surface area contributed by atoms with Gasteiger partial charge in [0, 0.05) is 18.0 Å². The Hall–Kier alpha value is -3.55. The molecular formula is C24H21ClF4N4O5. The molecule has 3 aromatic rings. The molecule has 4 N–H and O–H groups in total. The minimum Gasteiger partial charge on any atom is -0.479 e. The molecule has 14 heteroatoms. The first-order valence-electron chi connectivity index (χ1n) is 11.2. The van der Waals surface area contributed by atoms with Gasteiger partial charge in [0.15, 0.2) is 5.54 Å². The first-order chi connectivity index (χ1) is 17.8. The number of alkyl halides is 3. The number of carboxylic acids is 1. The molecule has 0 unspecified atom stereocenters. The van der Waals surface area contributed by atoms with E-state index in [9.17, 15) is 27.2 Å². The molecule has 0 spiro atoms. The lowest BCUT2D eigenvalue weighted by Gasteiger charge is -2.37. The molecule has 2 aliphatic rings. The number of benzene rings is 2. The number of hydrogen-bond donors (Lipinski definition) is 3. The predicted octanol–water partition coefficient (Wildman–Crippen LogP) is 3.97. The Labute approximate surface area is 217 Å². The van der Waals surface area contributed by atoms with E-state index >= 15 is 0 Å². The molecule has 1 atom stereocenters. The van der Waals surface area contributed by atoms with Crippen LogP contribution >= 0.6 is 11.6 Å². The molecule has 202 valence electrons. The molecule has 0 radical (unpaired) electrons. The van der Waals surface area contributed by atoms with Crippen LogP contribution in [0.4, 0.5) is 17.6 Å². The Morgan fingerprint density at radius 3 is 2.50 bits per heavy atom. The second-order valence-electron chi connectivity index (χ2n) is 8.84. The third-order valence-electron chi connectivity index (χ3n) is 6.10. The van der Waals surface area contributed by atoms with E-state index in [4.69, 9.17) is 27.0 Å². The number of amides is 1. The number of fused-ring (bicyclic) bond motifs is 1. The molecule has 0 bridgehead atoms. The highest BCUT2D eigenvalue weighted by Crippen LogP contribution is 2.38. The minimum absolute atomic E-state index is 0.0736. The van der Waals surface area contributed by atoms with Gasteiger partial charge < -0.3 is 25.4 Å². The summed E-state index contributed by atoms with van der Waals surface area (Å²) in [6, 6.07) is 9.05. The zero-order valence-corrected chi connectivity index (χ0v) is 20.5. The zero-order chi connectivity index (χ0) is 27.8. The monoisotopic (exact) mass is 556 g/mol. The van der Waals surface area contributed by atoms with Crippen LogP contribution in [0.25, 0.3) is 22.5 Å². The predicted molar refractivity (Wildman–Crippen MR) is 126 cm³/mol. The summed E-state index contributed by atoms with van der Waals surface area (Å²) in [7, 11) is 0. The number of carbonyl (C=O) groups is 2. The van der Waals surface area contributed by atoms with Gasteiger partial charge in [-0.1, -0.05) is 35.0 Å². The summed E-state index contributed by atoms with van der Waals surface area (Å²) in [5.41, 5.74) is 8.31. The zero-order valence-electron chi connectivity index (χ0n) is 19.7. The Morgan fingerprint density at radius 1 is 1.24 bits per heavy atom. The standard InChI is InChI=1S/C18H15ClFN3O.C6H6F3NO4/c1-9-22-18(23-24-9)17-14(7-12(19)8-15(17)20)11-2-4-13-10(6-11)3-5-16(13)21;7-6(8,9)3(11)10-5(4(12)13)1-14-2-5/h2,4,6-8,16H,3,5,21H2,1H3;1-2H2,(H,10,11)(H,12,13)/t16-;/m0./s1. The van der Waals surface area contributed by atoms with Crippen LogP contribution in [-0.4, -0.2) is 52.1 Å². The van der Waals surface area contributed by atoms with Crippen molar-refractivity contribution in [3.63, 3.8) is 0 Å². The molecule has 2 aromatic carbocycles. The van der Waals surface area contributed by atoms with E-state index in [0.717, 1.165) is 24.0 Å². The first kappa shape index (κ1) is 27.5. The van der Waals surface area contributed by atoms with Gasteiger partial charge in [-0.15, -0.1) is 0 Å². The van der Waals surface area contributed by atoms with Crippen molar-refractivity contribution in [3.05, 3.63) is 58.2 Å². The van der Waals surface area contributed by atoms with Gasteiger partial charge in [0.1, 0.15) is 5.82 Å². The fraction of sp³-hybridized carbons (Fsp3) is 0.333. The van der Waals surface area contributed by atoms with Gasteiger partial charge in [-0.3, -0.25) is 4.79 Å². The van der Waals surface area contributed by atoms with Crippen molar-refractivity contribution in [2.24, 2.45) is 5.73 Å². The molecule has 2 heterocycles. The van der Waals surface area contributed by atoms with Crippen molar-refractivity contribution in [1.82, 2.24) is 15.5 Å². The van der Waals surface area contributed by atoms with E-state index in [1.807, 2.05) is 18.2 Å². The van der Waals surface area contributed by atoms with Gasteiger partial charge in [0.05, 0.1) is 18.8 Å². The lowest BCUT2D eigenvalue weighted by atomic mass is 9.95. The molecule has 9 nitrogen and oxygen atoms in total. The van der Waals surface area contributed by atoms with Crippen LogP contribution in [0, 0.1) is 12.7 Å². The number of hydrogen-bond acceptors (Lipinski definition) is 7. The first-order valence-corrected chi connectivity index (χ1v) is 11.6. The SMILES string of the molecule is Cc1nc(-c2c(F)cc(Cl)cc2-c2ccc3c(c2)CC[C@@H]3N)no1.O=C(NC1(C(=O)O)COC1)C(F)(F)F. The van der Waals surface area contributed by atoms with Crippen molar-refractivity contribution in [1.29, 1.82) is 0 Å². The largest absolute Gasteiger partial charge is 0.479 e. The van der Waals surface area contributed by atoms with Crippen molar-refractivity contribution >= 4 is 23.5 Å². The van der Waals surface area contributed by atoms with Crippen LogP contribution in [0.1, 0.15) is 29.5 Å². The molecule has 1 aromatic heterocycles. The summed E-state index contributed by atoms with van der Waals surface area (Å²) >= 11 is 6.08. The van der Waals surface area contributed by atoms with Gasteiger partial charge >= 0.3 is 18.1 Å². The average Bonchev–Trinajstić information content (AvgIpc) is 3.40. The molecule has 0 saturated carbocycles. The van der Waals surface area contributed by atoms with Gasteiger partial charge in [-0.2, -0.15) is 18.2 Å². The van der Waals surface area contributed by atoms with E-state index in [1.165, 1.54) is 16.9 Å². The quantitative estimate of drug-likeness (QED) is 0.410. The smallest absolute Gasteiger partial charge is 0.471 e. The van der Waals surface area contributed by atoms with E-state index in [-0.39, 0.29) is 11.9 Å². The lowest BCUT2D eigenvalue weighted by Crippen LogP contribution is -2.68. The number of aromatic nitrogens is 2. The maximum Gasteiger partial charge on any atom is 0.471 e. The number of carboxylic acid groups (broad SMARTS) is 1. The average molecular weight is 557 g/mol. The summed E-state index contributed by atoms with van der Waals surface area (Å²) < 4.78 is 59.3. The van der Waals surface area contributed by atoms with Crippen LogP contribution in [0.15, 0.2) is 34.9 Å². The maximum atomic E-state index is 14.6. The van der Waals surface area contributed by atoms with Crippen LogP contribution in [0.3, 0.4) is 0 Å². The number of ether oxygens (including phenoxy) is 1. The van der Waals surface area contributed by atoms with Crippen LogP contribution in [0.2, 0.25) is 5.02 Å². The molecule has 1 fully saturated rings. The second-order valence-corrected chi connectivity index (χ2v) is 9.27. The third kappa shape index (κ3) is 5.49. The van der Waals surface area contributed by atoms with E-state index < -0.39 is 42.6 Å². The Kier molecular flexibility index (Phi) is 7.46. The number of nitrogens with zero attached hydrogens (tertiary/aromatic N) is 2. The summed E-state index contributed by atoms with van der Waals surface area (Å²) in [6.45, 7) is 0.759. The maximum absolute atomic E-state index is 14.6. The normalized spacial score (nSPS) is 17.6. The highest BCUT2D eigenvalue weighted by molar-refractivity contribution is 6.31. The number of nitrogens with one attached hydrogen (secondary N) is 1. The Morgan fingerprint density at radius 2 is 1.95 bits per heavy atom. The van der Waals surface area contributed by atoms with Gasteiger partial charge in [0.2, 0.25) is 11.7 Å². The number of aryl methyl sites for hydroxylation is 2. The highest BCUT2D eigenvalue weighted by atomic mass is 35.5. The van der Waals surface area contributed by atoms with Crippen molar-refractivity contribution in [3.8, 4) is 22.5 Å². The molecule has 38 heavy (non-hydrogen) atoms. The molecule has 1 aliphatic heterocycles. The van der Waals surface area contributed by atoms with Crippen molar-refractivity contribution < 1.29 is 41.5 Å². The second kappa shape index (κ2) is 10.3. The number of aliphatic carboxylic acids is 1. The van der Waals surface area contributed by atoms with Gasteiger partial charge in [-0.05, 0) is 47.2 Å². The number of carbonyl (C=O) groups excluding carboxylic acids is 1. The third-order valence-corrected chi connectivity index (χ3v) is 6.32. The summed E-state index contributed by atoms with van der Waals surface area (Å²) in [4.78, 5) is 25.1. The molecule has 1 aliphatic carbocycles. The molecule has 1 amide bonds. The summed E-state index contributed by atoms with van der Waals surface area (Å²) in [5, 5.41) is 14.1. The number of nitrogens with two attached hydrogens (primary N) is 1. The fourth-order valence-corrected chi connectivity index (χ4v) is 4.30. The number of halogens is 5. The van der Waals surface area contributed by atoms with Crippen molar-refractivity contribution in [2.75, 3.05) is 13.2 Å². The molecule has 1 saturated heterocycles. The highest BCUT2D eigenvalue weighted by Gasteiger charge is 2.52. The summed E-state index contributed by atoms with van der Waals surface area (Å²) in [5.74, 6) is -3.70. The summed E-state index contributed by atoms with van der Waals surface area (Å²) in [6.07, 6.45) is -3.23. The Balaban J connectivity index is 0.000000206. The van der Waals surface area contributed by atoms with Crippen LogP contribution < -0.4 is 11.1 Å². The fourth-order valence-electron chi connectivity index (χ4n) is 4.09. The molecule has 5 rings (SSSR count). The van der Waals surface area contributed by atoms with Gasteiger partial charge in [-0.25, -0.2) is 9.18 Å². The minimum atomic E-state index is -5.09. The Bertz CT molecular complexity index is 1390. The topological polar surface area (TPSA) is 141 Å². The number of rotatable bonds is 4. The van der Waals surface area contributed by atoms with E-state index in [2.05, 4.69) is 14.9 Å². The van der Waals surface area contributed by atoms with Crippen LogP contribution in [0.5, 0.6) is 0 Å². The molecular weight excluding hydrogens is 536 g/mol. The van der Waals surface area contributed by atoms with Gasteiger partial charge in [0.25, 0.3) is 0 Å². The van der Waals surface area contributed by atoms with E-state index in [0.29, 0.717) is 22.0 Å².